The van der Waals surface area contributed by atoms with Crippen LogP contribution in [-0.2, 0) is 4.84 Å². The molecule has 1 aliphatic rings. The SMILES string of the molecule is CN(C)CCOc1cc2c(cc1[N+](=O)[O-])C(=O)N(CCCO[N+](=O)[O-])C2=O. The van der Waals surface area contributed by atoms with Crippen LogP contribution < -0.4 is 4.74 Å². The number of likely N-dealkylation sites (N-methyl/N-ethyl adjacent to an activating group) is 1. The molecule has 2 rings (SSSR count). The van der Waals surface area contributed by atoms with E-state index in [4.69, 9.17) is 4.74 Å². The van der Waals surface area contributed by atoms with E-state index < -0.39 is 27.5 Å². The summed E-state index contributed by atoms with van der Waals surface area (Å²) >= 11 is 0. The summed E-state index contributed by atoms with van der Waals surface area (Å²) in [6, 6.07) is 2.21. The summed E-state index contributed by atoms with van der Waals surface area (Å²) in [5, 5.41) is 20.4. The van der Waals surface area contributed by atoms with Crippen LogP contribution in [0.15, 0.2) is 12.1 Å². The van der Waals surface area contributed by atoms with Gasteiger partial charge in [0.2, 0.25) is 0 Å². The highest BCUT2D eigenvalue weighted by atomic mass is 16.9. The fraction of sp³-hybridized carbons (Fsp3) is 0.467. The van der Waals surface area contributed by atoms with Gasteiger partial charge in [0.15, 0.2) is 5.75 Å². The quantitative estimate of drug-likeness (QED) is 0.247. The molecular weight excluding hydrogens is 364 g/mol. The minimum absolute atomic E-state index is 0.000600. The number of amides is 2. The Kier molecular flexibility index (Phi) is 6.23. The first-order valence-corrected chi connectivity index (χ1v) is 7.95. The molecule has 1 aromatic carbocycles. The maximum Gasteiger partial charge on any atom is 0.311 e. The second-order valence-corrected chi connectivity index (χ2v) is 5.95. The lowest BCUT2D eigenvalue weighted by molar-refractivity contribution is -0.757. The maximum absolute atomic E-state index is 12.4. The van der Waals surface area contributed by atoms with Gasteiger partial charge in [-0.2, -0.15) is 0 Å². The first-order valence-electron chi connectivity index (χ1n) is 7.95. The Morgan fingerprint density at radius 1 is 1.07 bits per heavy atom. The predicted molar refractivity (Wildman–Crippen MR) is 90.1 cm³/mol. The third-order valence-electron chi connectivity index (χ3n) is 3.77. The Hall–Kier alpha value is -3.28. The van der Waals surface area contributed by atoms with Gasteiger partial charge < -0.3 is 14.5 Å². The van der Waals surface area contributed by atoms with Crippen molar-refractivity contribution in [2.45, 2.75) is 6.42 Å². The Balaban J connectivity index is 2.20. The number of nitro groups is 1. The number of ether oxygens (including phenoxy) is 1. The fourth-order valence-electron chi connectivity index (χ4n) is 2.47. The van der Waals surface area contributed by atoms with Crippen molar-refractivity contribution in [1.29, 1.82) is 0 Å². The summed E-state index contributed by atoms with van der Waals surface area (Å²) < 4.78 is 5.42. The Bertz CT molecular complexity index is 779. The van der Waals surface area contributed by atoms with Gasteiger partial charge in [-0.25, -0.2) is 0 Å². The Morgan fingerprint density at radius 3 is 2.26 bits per heavy atom. The maximum atomic E-state index is 12.4. The van der Waals surface area contributed by atoms with Gasteiger partial charge in [0.1, 0.15) is 6.61 Å². The third kappa shape index (κ3) is 4.67. The number of hydrogen-bond acceptors (Lipinski definition) is 9. The molecule has 0 unspecified atom stereocenters. The monoisotopic (exact) mass is 382 g/mol. The minimum atomic E-state index is -0.969. The molecule has 0 aliphatic carbocycles. The van der Waals surface area contributed by atoms with E-state index in [9.17, 15) is 29.8 Å². The predicted octanol–water partition coefficient (Wildman–Crippen LogP) is 0.730. The molecule has 0 radical (unpaired) electrons. The first kappa shape index (κ1) is 20.0. The number of nitro benzene ring substituents is 1. The zero-order valence-corrected chi connectivity index (χ0v) is 14.7. The average Bonchev–Trinajstić information content (AvgIpc) is 2.81. The lowest BCUT2D eigenvalue weighted by Crippen LogP contribution is -2.31. The smallest absolute Gasteiger partial charge is 0.311 e. The first-order chi connectivity index (χ1) is 12.7. The van der Waals surface area contributed by atoms with Crippen molar-refractivity contribution in [1.82, 2.24) is 9.80 Å². The normalized spacial score (nSPS) is 13.1. The van der Waals surface area contributed by atoms with Crippen LogP contribution in [0.2, 0.25) is 0 Å². The molecular formula is C15H18N4O8. The van der Waals surface area contributed by atoms with Gasteiger partial charge in [-0.05, 0) is 20.5 Å². The Morgan fingerprint density at radius 2 is 1.70 bits per heavy atom. The van der Waals surface area contributed by atoms with Gasteiger partial charge >= 0.3 is 5.69 Å². The molecule has 2 amide bonds. The van der Waals surface area contributed by atoms with Gasteiger partial charge in [0, 0.05) is 25.2 Å². The summed E-state index contributed by atoms with van der Waals surface area (Å²) in [7, 11) is 3.62. The topological polar surface area (TPSA) is 145 Å². The summed E-state index contributed by atoms with van der Waals surface area (Å²) in [6.45, 7) is 0.282. The molecule has 0 saturated carbocycles. The fourth-order valence-corrected chi connectivity index (χ4v) is 2.47. The standard InChI is InChI=1S/C15H18N4O8/c1-16(2)5-7-26-13-9-11-10(8-12(13)18(22)23)14(20)17(15(11)21)4-3-6-27-19(24)25/h8-9H,3-7H2,1-2H3. The van der Waals surface area contributed by atoms with Crippen molar-refractivity contribution >= 4 is 17.5 Å². The minimum Gasteiger partial charge on any atom is -0.485 e. The Labute approximate surface area is 153 Å². The average molecular weight is 382 g/mol. The summed E-state index contributed by atoms with van der Waals surface area (Å²) in [4.78, 5) is 52.4. The summed E-state index contributed by atoms with van der Waals surface area (Å²) in [5.41, 5.74) is -0.505. The molecule has 0 N–H and O–H groups in total. The molecule has 0 atom stereocenters. The van der Waals surface area contributed by atoms with Crippen LogP contribution in [0.25, 0.3) is 0 Å². The van der Waals surface area contributed by atoms with Crippen LogP contribution in [-0.4, -0.2) is 72.0 Å². The molecule has 0 aromatic heterocycles. The number of rotatable bonds is 10. The van der Waals surface area contributed by atoms with E-state index in [1.54, 1.807) is 0 Å². The van der Waals surface area contributed by atoms with Crippen molar-refractivity contribution in [3.05, 3.63) is 43.5 Å². The van der Waals surface area contributed by atoms with E-state index in [-0.39, 0.29) is 43.1 Å². The molecule has 0 fully saturated rings. The van der Waals surface area contributed by atoms with Crippen LogP contribution >= 0.6 is 0 Å². The molecule has 0 bridgehead atoms. The van der Waals surface area contributed by atoms with Crippen molar-refractivity contribution in [2.24, 2.45) is 0 Å². The van der Waals surface area contributed by atoms with Crippen LogP contribution in [0.4, 0.5) is 5.69 Å². The van der Waals surface area contributed by atoms with Gasteiger partial charge in [-0.3, -0.25) is 24.6 Å². The van der Waals surface area contributed by atoms with Crippen LogP contribution in [0, 0.1) is 20.2 Å². The van der Waals surface area contributed by atoms with Crippen molar-refractivity contribution in [2.75, 3.05) is 40.4 Å². The number of benzene rings is 1. The second kappa shape index (κ2) is 8.40. The van der Waals surface area contributed by atoms with E-state index >= 15 is 0 Å². The van der Waals surface area contributed by atoms with Gasteiger partial charge in [0.05, 0.1) is 22.7 Å². The van der Waals surface area contributed by atoms with Crippen molar-refractivity contribution < 1.29 is 29.2 Å². The molecule has 27 heavy (non-hydrogen) atoms. The molecule has 1 aliphatic heterocycles. The van der Waals surface area contributed by atoms with Crippen molar-refractivity contribution in [3.8, 4) is 5.75 Å². The number of nitrogens with zero attached hydrogens (tertiary/aromatic N) is 4. The van der Waals surface area contributed by atoms with Gasteiger partial charge in [-0.1, -0.05) is 0 Å². The van der Waals surface area contributed by atoms with Gasteiger partial charge in [0.25, 0.3) is 16.9 Å². The van der Waals surface area contributed by atoms with Gasteiger partial charge in [-0.15, -0.1) is 10.1 Å². The zero-order chi connectivity index (χ0) is 20.1. The molecule has 12 heteroatoms. The van der Waals surface area contributed by atoms with Crippen LogP contribution in [0.5, 0.6) is 5.75 Å². The largest absolute Gasteiger partial charge is 0.485 e. The van der Waals surface area contributed by atoms with E-state index in [2.05, 4.69) is 4.84 Å². The third-order valence-corrected chi connectivity index (χ3v) is 3.77. The number of imide groups is 1. The van der Waals surface area contributed by atoms with E-state index in [0.717, 1.165) is 11.0 Å². The highest BCUT2D eigenvalue weighted by molar-refractivity contribution is 6.21. The van der Waals surface area contributed by atoms with E-state index in [1.165, 1.54) is 6.07 Å². The number of carbonyl (C=O) groups is 2. The van der Waals surface area contributed by atoms with Crippen LogP contribution in [0.1, 0.15) is 27.1 Å². The molecule has 1 aromatic rings. The molecule has 1 heterocycles. The summed E-state index contributed by atoms with van der Waals surface area (Å²) in [5.74, 6) is -1.43. The molecule has 12 nitrogen and oxygen atoms in total. The van der Waals surface area contributed by atoms with Crippen LogP contribution in [0.3, 0.4) is 0 Å². The number of fused-ring (bicyclic) bond motifs is 1. The summed E-state index contributed by atoms with van der Waals surface area (Å²) in [6.07, 6.45) is 0.0563. The highest BCUT2D eigenvalue weighted by Gasteiger charge is 2.38. The van der Waals surface area contributed by atoms with Crippen molar-refractivity contribution in [3.63, 3.8) is 0 Å². The second-order valence-electron chi connectivity index (χ2n) is 5.95. The molecule has 0 saturated heterocycles. The number of carbonyl (C=O) groups excluding carboxylic acids is 2. The number of hydrogen-bond donors (Lipinski definition) is 0. The molecule has 146 valence electrons. The lowest BCUT2D eigenvalue weighted by atomic mass is 10.1. The molecule has 0 spiro atoms. The van der Waals surface area contributed by atoms with E-state index in [0.29, 0.717) is 6.54 Å². The lowest BCUT2D eigenvalue weighted by Gasteiger charge is -2.12. The van der Waals surface area contributed by atoms with E-state index in [1.807, 2.05) is 19.0 Å². The highest BCUT2D eigenvalue weighted by Crippen LogP contribution is 2.35. The zero-order valence-electron chi connectivity index (χ0n) is 14.7.